The molecule has 1 unspecified atom stereocenters. The molecule has 1 aliphatic rings. The van der Waals surface area contributed by atoms with Crippen LogP contribution in [-0.2, 0) is 4.74 Å². The lowest BCUT2D eigenvalue weighted by molar-refractivity contribution is 0.195. The fourth-order valence-corrected chi connectivity index (χ4v) is 1.88. The van der Waals surface area contributed by atoms with Crippen molar-refractivity contribution in [3.8, 4) is 0 Å². The summed E-state index contributed by atoms with van der Waals surface area (Å²) in [4.78, 5) is 4.17. The van der Waals surface area contributed by atoms with Gasteiger partial charge in [0.15, 0.2) is 0 Å². The maximum atomic E-state index is 13.9. The number of hydrogen-bond acceptors (Lipinski definition) is 3. The molecule has 2 atom stereocenters. The van der Waals surface area contributed by atoms with E-state index in [4.69, 9.17) is 10.5 Å². The lowest BCUT2D eigenvalue weighted by Gasteiger charge is -2.26. The van der Waals surface area contributed by atoms with Gasteiger partial charge in [0.25, 0.3) is 6.02 Å². The standard InChI is InChI=1S/C12H15FN2O/c1-7-4-3-5-9(10(7)13)11-8(2)6-16-12(14)15-11/h3-5,8,11H,6H2,1-2H3,(H2,14,15)/t8-,11?/m0/s1. The minimum atomic E-state index is -0.242. The van der Waals surface area contributed by atoms with E-state index in [0.29, 0.717) is 17.7 Å². The van der Waals surface area contributed by atoms with Crippen molar-refractivity contribution in [2.24, 2.45) is 16.6 Å². The summed E-state index contributed by atoms with van der Waals surface area (Å²) < 4.78 is 19.1. The first kappa shape index (κ1) is 10.9. The van der Waals surface area contributed by atoms with Gasteiger partial charge in [-0.25, -0.2) is 9.38 Å². The summed E-state index contributed by atoms with van der Waals surface area (Å²) >= 11 is 0. The van der Waals surface area contributed by atoms with Crippen LogP contribution < -0.4 is 5.73 Å². The van der Waals surface area contributed by atoms with Crippen LogP contribution in [0.1, 0.15) is 24.1 Å². The number of nitrogens with zero attached hydrogens (tertiary/aromatic N) is 1. The van der Waals surface area contributed by atoms with Crippen LogP contribution >= 0.6 is 0 Å². The lowest BCUT2D eigenvalue weighted by atomic mass is 9.93. The molecule has 1 aromatic carbocycles. The van der Waals surface area contributed by atoms with E-state index in [1.165, 1.54) is 0 Å². The lowest BCUT2D eigenvalue weighted by Crippen LogP contribution is -2.29. The summed E-state index contributed by atoms with van der Waals surface area (Å²) in [5, 5.41) is 0. The third-order valence-electron chi connectivity index (χ3n) is 2.84. The molecule has 1 aliphatic heterocycles. The molecule has 0 bridgehead atoms. The van der Waals surface area contributed by atoms with E-state index in [9.17, 15) is 4.39 Å². The molecule has 86 valence electrons. The Hall–Kier alpha value is -1.58. The molecule has 0 aliphatic carbocycles. The molecule has 1 heterocycles. The van der Waals surface area contributed by atoms with Crippen molar-refractivity contribution >= 4 is 6.02 Å². The Balaban J connectivity index is 2.43. The van der Waals surface area contributed by atoms with Crippen LogP contribution in [0.2, 0.25) is 0 Å². The van der Waals surface area contributed by atoms with Gasteiger partial charge in [0.1, 0.15) is 5.82 Å². The molecular formula is C12H15FN2O. The number of nitrogens with two attached hydrogens (primary N) is 1. The van der Waals surface area contributed by atoms with Gasteiger partial charge in [-0.15, -0.1) is 0 Å². The summed E-state index contributed by atoms with van der Waals surface area (Å²) in [5.41, 5.74) is 6.74. The first-order chi connectivity index (χ1) is 7.59. The highest BCUT2D eigenvalue weighted by Crippen LogP contribution is 2.31. The Morgan fingerprint density at radius 3 is 3.00 bits per heavy atom. The van der Waals surface area contributed by atoms with Gasteiger partial charge in [-0.05, 0) is 12.5 Å². The maximum Gasteiger partial charge on any atom is 0.282 e. The van der Waals surface area contributed by atoms with Crippen molar-refractivity contribution in [3.05, 3.63) is 35.1 Å². The number of rotatable bonds is 1. The van der Waals surface area contributed by atoms with Crippen molar-refractivity contribution in [3.63, 3.8) is 0 Å². The molecule has 3 nitrogen and oxygen atoms in total. The third-order valence-corrected chi connectivity index (χ3v) is 2.84. The largest absolute Gasteiger partial charge is 0.465 e. The van der Waals surface area contributed by atoms with Crippen LogP contribution in [-0.4, -0.2) is 12.6 Å². The van der Waals surface area contributed by atoms with E-state index in [1.54, 1.807) is 19.1 Å². The van der Waals surface area contributed by atoms with Crippen molar-refractivity contribution in [2.45, 2.75) is 19.9 Å². The SMILES string of the molecule is Cc1cccc(C2N=C(N)OC[C@@H]2C)c1F. The normalized spacial score (nSPS) is 24.8. The minimum Gasteiger partial charge on any atom is -0.465 e. The average molecular weight is 222 g/mol. The van der Waals surface area contributed by atoms with E-state index in [-0.39, 0.29) is 23.8 Å². The quantitative estimate of drug-likeness (QED) is 0.791. The van der Waals surface area contributed by atoms with Crippen LogP contribution in [0.25, 0.3) is 0 Å². The second-order valence-corrected chi connectivity index (χ2v) is 4.18. The van der Waals surface area contributed by atoms with Crippen LogP contribution in [0.15, 0.2) is 23.2 Å². The maximum absolute atomic E-state index is 13.9. The van der Waals surface area contributed by atoms with E-state index < -0.39 is 0 Å². The summed E-state index contributed by atoms with van der Waals surface area (Å²) in [7, 11) is 0. The van der Waals surface area contributed by atoms with Gasteiger partial charge in [-0.3, -0.25) is 0 Å². The van der Waals surface area contributed by atoms with Crippen LogP contribution in [0.4, 0.5) is 4.39 Å². The van der Waals surface area contributed by atoms with E-state index >= 15 is 0 Å². The number of aryl methyl sites for hydroxylation is 1. The topological polar surface area (TPSA) is 47.6 Å². The molecule has 0 aromatic heterocycles. The molecule has 2 N–H and O–H groups in total. The van der Waals surface area contributed by atoms with Gasteiger partial charge in [-0.1, -0.05) is 25.1 Å². The van der Waals surface area contributed by atoms with E-state index in [1.807, 2.05) is 13.0 Å². The minimum absolute atomic E-state index is 0.128. The van der Waals surface area contributed by atoms with Crippen molar-refractivity contribution in [1.29, 1.82) is 0 Å². The summed E-state index contributed by atoms with van der Waals surface area (Å²) in [5.74, 6) is -0.0681. The molecule has 0 spiro atoms. The Bertz CT molecular complexity index is 431. The molecular weight excluding hydrogens is 207 g/mol. The Labute approximate surface area is 94.1 Å². The molecule has 1 aromatic rings. The number of aliphatic imine (C=N–C) groups is 1. The molecule has 0 amide bonds. The summed E-state index contributed by atoms with van der Waals surface area (Å²) in [6.45, 7) is 4.20. The van der Waals surface area contributed by atoms with Gasteiger partial charge >= 0.3 is 0 Å². The van der Waals surface area contributed by atoms with E-state index in [0.717, 1.165) is 0 Å². The molecule has 0 saturated carbocycles. The predicted molar refractivity (Wildman–Crippen MR) is 60.6 cm³/mol. The zero-order valence-electron chi connectivity index (χ0n) is 9.40. The Morgan fingerprint density at radius 1 is 1.50 bits per heavy atom. The van der Waals surface area contributed by atoms with Gasteiger partial charge in [0, 0.05) is 11.5 Å². The smallest absolute Gasteiger partial charge is 0.282 e. The summed E-state index contributed by atoms with van der Waals surface area (Å²) in [6, 6.07) is 5.24. The van der Waals surface area contributed by atoms with Crippen molar-refractivity contribution in [1.82, 2.24) is 0 Å². The second kappa shape index (κ2) is 4.12. The highest BCUT2D eigenvalue weighted by atomic mass is 19.1. The van der Waals surface area contributed by atoms with Gasteiger partial charge in [0.05, 0.1) is 12.6 Å². The number of benzene rings is 1. The Morgan fingerprint density at radius 2 is 2.25 bits per heavy atom. The number of amidine groups is 1. The molecule has 0 radical (unpaired) electrons. The fourth-order valence-electron chi connectivity index (χ4n) is 1.88. The monoisotopic (exact) mass is 222 g/mol. The fraction of sp³-hybridized carbons (Fsp3) is 0.417. The first-order valence-corrected chi connectivity index (χ1v) is 5.30. The van der Waals surface area contributed by atoms with Gasteiger partial charge in [-0.2, -0.15) is 0 Å². The third kappa shape index (κ3) is 1.87. The highest BCUT2D eigenvalue weighted by Gasteiger charge is 2.26. The zero-order valence-corrected chi connectivity index (χ0v) is 9.40. The molecule has 16 heavy (non-hydrogen) atoms. The molecule has 4 heteroatoms. The first-order valence-electron chi connectivity index (χ1n) is 5.30. The molecule has 0 saturated heterocycles. The Kier molecular flexibility index (Phi) is 2.81. The molecule has 2 rings (SSSR count). The van der Waals surface area contributed by atoms with Crippen LogP contribution in [0.3, 0.4) is 0 Å². The molecule has 0 fully saturated rings. The van der Waals surface area contributed by atoms with E-state index in [2.05, 4.69) is 4.99 Å². The van der Waals surface area contributed by atoms with Gasteiger partial charge < -0.3 is 10.5 Å². The summed E-state index contributed by atoms with van der Waals surface area (Å²) in [6.07, 6.45) is 0. The predicted octanol–water partition coefficient (Wildman–Crippen LogP) is 2.16. The zero-order chi connectivity index (χ0) is 11.7. The second-order valence-electron chi connectivity index (χ2n) is 4.18. The van der Waals surface area contributed by atoms with Crippen LogP contribution in [0, 0.1) is 18.7 Å². The van der Waals surface area contributed by atoms with Crippen LogP contribution in [0.5, 0.6) is 0 Å². The number of ether oxygens (including phenoxy) is 1. The average Bonchev–Trinajstić information content (AvgIpc) is 2.26. The number of halogens is 1. The van der Waals surface area contributed by atoms with Crippen molar-refractivity contribution < 1.29 is 9.13 Å². The highest BCUT2D eigenvalue weighted by molar-refractivity contribution is 5.72. The van der Waals surface area contributed by atoms with Gasteiger partial charge in [0.2, 0.25) is 0 Å². The number of hydrogen-bond donors (Lipinski definition) is 1. The van der Waals surface area contributed by atoms with Crippen molar-refractivity contribution in [2.75, 3.05) is 6.61 Å².